The first kappa shape index (κ1) is 10.5. The van der Waals surface area contributed by atoms with Crippen LogP contribution >= 0.6 is 0 Å². The molecule has 0 fully saturated rings. The van der Waals surface area contributed by atoms with Gasteiger partial charge in [0.15, 0.2) is 0 Å². The lowest BCUT2D eigenvalue weighted by atomic mass is 10.0. The molecular weight excluding hydrogens is 178 g/mol. The molecule has 0 saturated heterocycles. The van der Waals surface area contributed by atoms with Gasteiger partial charge in [-0.1, -0.05) is 13.8 Å². The van der Waals surface area contributed by atoms with Crippen molar-refractivity contribution >= 4 is 0 Å². The summed E-state index contributed by atoms with van der Waals surface area (Å²) in [4.78, 5) is 11.2. The molecule has 0 saturated carbocycles. The predicted molar refractivity (Wildman–Crippen MR) is 52.7 cm³/mol. The Balaban J connectivity index is 3.22. The maximum absolute atomic E-state index is 11.2. The molecule has 1 rings (SSSR count). The minimum Gasteiger partial charge on any atom is -0.268 e. The van der Waals surface area contributed by atoms with E-state index in [4.69, 9.17) is 5.26 Å². The Morgan fingerprint density at radius 1 is 1.64 bits per heavy atom. The monoisotopic (exact) mass is 191 g/mol. The molecule has 0 atom stereocenters. The maximum Gasteiger partial charge on any atom is 0.267 e. The lowest BCUT2D eigenvalue weighted by molar-refractivity contribution is 0.595. The summed E-state index contributed by atoms with van der Waals surface area (Å²) in [6.45, 7) is 4.10. The summed E-state index contributed by atoms with van der Waals surface area (Å²) in [6, 6.07) is 3.33. The van der Waals surface area contributed by atoms with Crippen molar-refractivity contribution in [1.29, 1.82) is 5.26 Å². The molecule has 0 N–H and O–H groups in total. The van der Waals surface area contributed by atoms with Crippen molar-refractivity contribution in [2.45, 2.75) is 20.3 Å². The molecule has 14 heavy (non-hydrogen) atoms. The summed E-state index contributed by atoms with van der Waals surface area (Å²) in [5.74, 6) is 0.423. The zero-order chi connectivity index (χ0) is 10.7. The fourth-order valence-corrected chi connectivity index (χ4v) is 1.22. The van der Waals surface area contributed by atoms with Crippen LogP contribution in [0.15, 0.2) is 10.9 Å². The first-order valence-corrected chi connectivity index (χ1v) is 4.52. The second kappa shape index (κ2) is 4.05. The molecule has 74 valence electrons. The van der Waals surface area contributed by atoms with E-state index < -0.39 is 0 Å². The molecule has 0 amide bonds. The molecule has 0 aliphatic heterocycles. The Labute approximate surface area is 82.8 Å². The Bertz CT molecular complexity index is 426. The van der Waals surface area contributed by atoms with Crippen molar-refractivity contribution in [3.05, 3.63) is 27.7 Å². The van der Waals surface area contributed by atoms with Crippen LogP contribution in [0, 0.1) is 17.2 Å². The van der Waals surface area contributed by atoms with Crippen LogP contribution in [0.1, 0.15) is 25.1 Å². The molecule has 1 aromatic heterocycles. The molecule has 0 aliphatic carbocycles. The van der Waals surface area contributed by atoms with Crippen LogP contribution in [0.3, 0.4) is 0 Å². The Morgan fingerprint density at radius 2 is 2.29 bits per heavy atom. The van der Waals surface area contributed by atoms with Gasteiger partial charge in [-0.3, -0.25) is 4.79 Å². The highest BCUT2D eigenvalue weighted by Crippen LogP contribution is 2.07. The molecule has 0 radical (unpaired) electrons. The van der Waals surface area contributed by atoms with Crippen molar-refractivity contribution in [3.8, 4) is 6.07 Å². The maximum atomic E-state index is 11.2. The van der Waals surface area contributed by atoms with Crippen LogP contribution < -0.4 is 5.56 Å². The third-order valence-electron chi connectivity index (χ3n) is 1.89. The van der Waals surface area contributed by atoms with Crippen LogP contribution in [0.2, 0.25) is 0 Å². The highest BCUT2D eigenvalue weighted by Gasteiger charge is 2.08. The Hall–Kier alpha value is -1.63. The van der Waals surface area contributed by atoms with E-state index in [1.165, 1.54) is 10.7 Å². The highest BCUT2D eigenvalue weighted by molar-refractivity contribution is 5.31. The van der Waals surface area contributed by atoms with Crippen LogP contribution in [-0.2, 0) is 13.5 Å². The van der Waals surface area contributed by atoms with Crippen molar-refractivity contribution in [2.24, 2.45) is 13.0 Å². The van der Waals surface area contributed by atoms with E-state index in [2.05, 4.69) is 5.10 Å². The van der Waals surface area contributed by atoms with E-state index in [1.54, 1.807) is 7.05 Å². The van der Waals surface area contributed by atoms with Gasteiger partial charge in [0, 0.05) is 13.1 Å². The molecule has 1 heterocycles. The molecule has 0 spiro atoms. The zero-order valence-electron chi connectivity index (χ0n) is 8.61. The number of hydrogen-bond donors (Lipinski definition) is 0. The molecule has 4 heteroatoms. The van der Waals surface area contributed by atoms with Crippen LogP contribution in [0.5, 0.6) is 0 Å². The van der Waals surface area contributed by atoms with E-state index in [0.29, 0.717) is 17.2 Å². The number of nitriles is 1. The molecule has 1 aromatic rings. The van der Waals surface area contributed by atoms with Crippen LogP contribution in [-0.4, -0.2) is 9.78 Å². The van der Waals surface area contributed by atoms with Crippen LogP contribution in [0.4, 0.5) is 0 Å². The summed E-state index contributed by atoms with van der Waals surface area (Å²) in [7, 11) is 1.59. The van der Waals surface area contributed by atoms with Gasteiger partial charge >= 0.3 is 0 Å². The van der Waals surface area contributed by atoms with Gasteiger partial charge in [0.2, 0.25) is 0 Å². The van der Waals surface area contributed by atoms with Gasteiger partial charge in [-0.25, -0.2) is 4.68 Å². The summed E-state index contributed by atoms with van der Waals surface area (Å²) in [5, 5.41) is 12.9. The van der Waals surface area contributed by atoms with Crippen molar-refractivity contribution in [3.63, 3.8) is 0 Å². The smallest absolute Gasteiger partial charge is 0.267 e. The minimum atomic E-state index is -0.242. The summed E-state index contributed by atoms with van der Waals surface area (Å²) in [6.07, 6.45) is 0.719. The fourth-order valence-electron chi connectivity index (χ4n) is 1.22. The van der Waals surface area contributed by atoms with E-state index in [-0.39, 0.29) is 5.56 Å². The SMILES string of the molecule is CC(C)Cc1nn(C)c(=O)cc1C#N. The molecule has 0 bridgehead atoms. The van der Waals surface area contributed by atoms with E-state index >= 15 is 0 Å². The normalized spacial score (nSPS) is 10.2. The number of nitrogens with zero attached hydrogens (tertiary/aromatic N) is 3. The zero-order valence-corrected chi connectivity index (χ0v) is 8.61. The van der Waals surface area contributed by atoms with Crippen molar-refractivity contribution in [1.82, 2.24) is 9.78 Å². The third kappa shape index (κ3) is 2.19. The average molecular weight is 191 g/mol. The van der Waals surface area contributed by atoms with Crippen molar-refractivity contribution < 1.29 is 0 Å². The topological polar surface area (TPSA) is 58.7 Å². The van der Waals surface area contributed by atoms with Gasteiger partial charge in [0.25, 0.3) is 5.56 Å². The standard InChI is InChI=1S/C10H13N3O/c1-7(2)4-9-8(6-11)5-10(14)13(3)12-9/h5,7H,4H2,1-3H3. The molecule has 0 unspecified atom stereocenters. The number of rotatable bonds is 2. The Kier molecular flexibility index (Phi) is 3.03. The average Bonchev–Trinajstić information content (AvgIpc) is 2.10. The van der Waals surface area contributed by atoms with Gasteiger partial charge in [0.1, 0.15) is 6.07 Å². The summed E-state index contributed by atoms with van der Waals surface area (Å²) < 4.78 is 1.26. The summed E-state index contributed by atoms with van der Waals surface area (Å²) in [5.41, 5.74) is 0.848. The first-order chi connectivity index (χ1) is 6.54. The second-order valence-electron chi connectivity index (χ2n) is 3.68. The van der Waals surface area contributed by atoms with Gasteiger partial charge in [-0.15, -0.1) is 0 Å². The van der Waals surface area contributed by atoms with Crippen molar-refractivity contribution in [2.75, 3.05) is 0 Å². The lowest BCUT2D eigenvalue weighted by Gasteiger charge is -2.06. The van der Waals surface area contributed by atoms with Gasteiger partial charge in [0.05, 0.1) is 11.3 Å². The summed E-state index contributed by atoms with van der Waals surface area (Å²) >= 11 is 0. The number of aromatic nitrogens is 2. The third-order valence-corrected chi connectivity index (χ3v) is 1.89. The number of hydrogen-bond acceptors (Lipinski definition) is 3. The highest BCUT2D eigenvalue weighted by atomic mass is 16.1. The predicted octanol–water partition coefficient (Wildman–Crippen LogP) is 0.850. The van der Waals surface area contributed by atoms with E-state index in [1.807, 2.05) is 19.9 Å². The van der Waals surface area contributed by atoms with Gasteiger partial charge in [-0.2, -0.15) is 10.4 Å². The lowest BCUT2D eigenvalue weighted by Crippen LogP contribution is -2.21. The molecule has 0 aliphatic rings. The molecule has 4 nitrogen and oxygen atoms in total. The van der Waals surface area contributed by atoms with Gasteiger partial charge < -0.3 is 0 Å². The second-order valence-corrected chi connectivity index (χ2v) is 3.68. The van der Waals surface area contributed by atoms with Gasteiger partial charge in [-0.05, 0) is 12.3 Å². The first-order valence-electron chi connectivity index (χ1n) is 4.52. The molecular formula is C10H13N3O. The molecule has 0 aromatic carbocycles. The Morgan fingerprint density at radius 3 is 2.79 bits per heavy atom. The van der Waals surface area contributed by atoms with E-state index in [9.17, 15) is 4.79 Å². The fraction of sp³-hybridized carbons (Fsp3) is 0.500. The van der Waals surface area contributed by atoms with Crippen LogP contribution in [0.25, 0.3) is 0 Å². The van der Waals surface area contributed by atoms with E-state index in [0.717, 1.165) is 6.42 Å². The number of aryl methyl sites for hydroxylation is 1. The minimum absolute atomic E-state index is 0.242. The quantitative estimate of drug-likeness (QED) is 0.696. The largest absolute Gasteiger partial charge is 0.268 e.